The Kier molecular flexibility index (Phi) is 8.83. The smallest absolute Gasteiger partial charge is 0.0541 e. The minimum atomic E-state index is 1.10. The van der Waals surface area contributed by atoms with Crippen molar-refractivity contribution in [3.8, 4) is 44.8 Å². The van der Waals surface area contributed by atoms with Crippen LogP contribution in [0.25, 0.3) is 88.4 Å². The summed E-state index contributed by atoms with van der Waals surface area (Å²) in [4.78, 5) is 2.34. The molecule has 0 radical (unpaired) electrons. The molecule has 3 heteroatoms. The fourth-order valence-corrected chi connectivity index (χ4v) is 9.50. The van der Waals surface area contributed by atoms with E-state index >= 15 is 0 Å². The monoisotopic (exact) mass is 803 g/mol. The second kappa shape index (κ2) is 15.3. The molecule has 3 nitrogen and oxygen atoms in total. The largest absolute Gasteiger partial charge is 0.311 e. The number of para-hydroxylation sites is 4. The molecular weight excluding hydrogens is 763 g/mol. The maximum atomic E-state index is 2.39. The summed E-state index contributed by atoms with van der Waals surface area (Å²) < 4.78 is 4.76. The lowest BCUT2D eigenvalue weighted by atomic mass is 9.98. The van der Waals surface area contributed by atoms with Gasteiger partial charge in [0, 0.05) is 50.0 Å². The van der Waals surface area contributed by atoms with E-state index in [1.54, 1.807) is 0 Å². The zero-order valence-electron chi connectivity index (χ0n) is 34.5. The van der Waals surface area contributed by atoms with Crippen molar-refractivity contribution in [1.29, 1.82) is 0 Å². The van der Waals surface area contributed by atoms with Crippen molar-refractivity contribution in [2.75, 3.05) is 4.90 Å². The van der Waals surface area contributed by atoms with Gasteiger partial charge in [-0.1, -0.05) is 152 Å². The van der Waals surface area contributed by atoms with Gasteiger partial charge in [-0.3, -0.25) is 0 Å². The average molecular weight is 804 g/mol. The molecule has 0 atom stereocenters. The Morgan fingerprint density at radius 1 is 0.222 bits per heavy atom. The molecule has 0 aliphatic heterocycles. The summed E-state index contributed by atoms with van der Waals surface area (Å²) in [6.07, 6.45) is 0. The van der Waals surface area contributed by atoms with Gasteiger partial charge in [0.05, 0.1) is 22.1 Å². The summed E-state index contributed by atoms with van der Waals surface area (Å²) in [5.41, 5.74) is 17.6. The highest BCUT2D eigenvalue weighted by Gasteiger charge is 2.18. The first-order chi connectivity index (χ1) is 31.2. The SMILES string of the molecule is c1ccc(-c2ccc(-c3ccc4c(c3)c3cc(-c5ccc(N(c6ccccc6)c6ccc(-n7c8ccccc8c8ccccc87)cc6)cc5)ccc3n4-c3ccccc3)cc2)cc1. The third-order valence-corrected chi connectivity index (χ3v) is 12.5. The van der Waals surface area contributed by atoms with Crippen LogP contribution in [0.2, 0.25) is 0 Å². The van der Waals surface area contributed by atoms with Crippen molar-refractivity contribution in [3.63, 3.8) is 0 Å². The summed E-state index contributed by atoms with van der Waals surface area (Å²) >= 11 is 0. The third-order valence-electron chi connectivity index (χ3n) is 12.5. The Morgan fingerprint density at radius 3 is 1.08 bits per heavy atom. The van der Waals surface area contributed by atoms with Crippen LogP contribution in [0.15, 0.2) is 249 Å². The molecule has 0 aliphatic carbocycles. The summed E-state index contributed by atoms with van der Waals surface area (Å²) in [5, 5.41) is 4.99. The molecule has 0 unspecified atom stereocenters. The molecule has 0 spiro atoms. The molecule has 0 bridgehead atoms. The highest BCUT2D eigenvalue weighted by atomic mass is 15.1. The van der Waals surface area contributed by atoms with E-state index in [0.29, 0.717) is 0 Å². The van der Waals surface area contributed by atoms with Crippen LogP contribution in [0, 0.1) is 0 Å². The van der Waals surface area contributed by atoms with Crippen LogP contribution in [0.3, 0.4) is 0 Å². The number of fused-ring (bicyclic) bond motifs is 6. The van der Waals surface area contributed by atoms with Gasteiger partial charge in [0.25, 0.3) is 0 Å². The molecule has 0 aliphatic rings. The normalized spacial score (nSPS) is 11.5. The van der Waals surface area contributed by atoms with Crippen LogP contribution in [0.4, 0.5) is 17.1 Å². The van der Waals surface area contributed by atoms with Crippen molar-refractivity contribution < 1.29 is 0 Å². The van der Waals surface area contributed by atoms with E-state index in [-0.39, 0.29) is 0 Å². The molecule has 0 fully saturated rings. The van der Waals surface area contributed by atoms with E-state index in [1.165, 1.54) is 77.0 Å². The number of hydrogen-bond donors (Lipinski definition) is 0. The maximum Gasteiger partial charge on any atom is 0.0541 e. The number of anilines is 3. The first-order valence-corrected chi connectivity index (χ1v) is 21.6. The first-order valence-electron chi connectivity index (χ1n) is 21.6. The maximum absolute atomic E-state index is 2.39. The number of nitrogens with zero attached hydrogens (tertiary/aromatic N) is 3. The average Bonchev–Trinajstić information content (AvgIpc) is 3.88. The highest BCUT2D eigenvalue weighted by molar-refractivity contribution is 6.12. The zero-order chi connectivity index (χ0) is 41.7. The van der Waals surface area contributed by atoms with Gasteiger partial charge >= 0.3 is 0 Å². The van der Waals surface area contributed by atoms with Gasteiger partial charge in [0.1, 0.15) is 0 Å². The van der Waals surface area contributed by atoms with E-state index in [1.807, 2.05) is 0 Å². The Bertz CT molecular complexity index is 3510. The number of aromatic nitrogens is 2. The quantitative estimate of drug-likeness (QED) is 0.149. The molecule has 296 valence electrons. The predicted octanol–water partition coefficient (Wildman–Crippen LogP) is 16.4. The van der Waals surface area contributed by atoms with Crippen LogP contribution < -0.4 is 4.90 Å². The van der Waals surface area contributed by atoms with Gasteiger partial charge in [-0.15, -0.1) is 0 Å². The lowest BCUT2D eigenvalue weighted by Gasteiger charge is -2.26. The van der Waals surface area contributed by atoms with Gasteiger partial charge in [0.15, 0.2) is 0 Å². The molecular formula is C60H41N3. The molecule has 0 saturated carbocycles. The standard InChI is InChI=1S/C60H41N3/c1-4-14-42(15-5-1)43-24-26-44(27-25-43)46-30-38-59-55(40-46)56-41-47(31-39-60(56)62(59)49-18-8-3-9-19-49)45-28-32-50(33-29-45)61(48-16-6-2-7-17-48)51-34-36-52(37-35-51)63-57-22-12-10-20-53(57)54-21-11-13-23-58(54)63/h1-41H. The van der Waals surface area contributed by atoms with E-state index in [2.05, 4.69) is 263 Å². The third kappa shape index (κ3) is 6.38. The Labute approximate surface area is 366 Å². The lowest BCUT2D eigenvalue weighted by Crippen LogP contribution is -2.10. The van der Waals surface area contributed by atoms with E-state index < -0.39 is 0 Å². The van der Waals surface area contributed by atoms with Crippen molar-refractivity contribution in [2.45, 2.75) is 0 Å². The van der Waals surface area contributed by atoms with Crippen molar-refractivity contribution in [2.24, 2.45) is 0 Å². The van der Waals surface area contributed by atoms with E-state index in [0.717, 1.165) is 28.4 Å². The Hall–Kier alpha value is -8.40. The van der Waals surface area contributed by atoms with E-state index in [4.69, 9.17) is 0 Å². The second-order valence-corrected chi connectivity index (χ2v) is 16.2. The fourth-order valence-electron chi connectivity index (χ4n) is 9.50. The highest BCUT2D eigenvalue weighted by Crippen LogP contribution is 2.40. The Balaban J connectivity index is 0.920. The molecule has 10 aromatic carbocycles. The summed E-state index contributed by atoms with van der Waals surface area (Å²) in [6, 6.07) is 90.0. The minimum absolute atomic E-state index is 1.10. The molecule has 0 saturated heterocycles. The molecule has 0 N–H and O–H groups in total. The molecule has 12 aromatic rings. The van der Waals surface area contributed by atoms with Crippen molar-refractivity contribution in [1.82, 2.24) is 9.13 Å². The fraction of sp³-hybridized carbons (Fsp3) is 0. The topological polar surface area (TPSA) is 13.1 Å². The first kappa shape index (κ1) is 36.5. The van der Waals surface area contributed by atoms with E-state index in [9.17, 15) is 0 Å². The number of hydrogen-bond acceptors (Lipinski definition) is 1. The zero-order valence-corrected chi connectivity index (χ0v) is 34.5. The molecule has 2 heterocycles. The summed E-state index contributed by atoms with van der Waals surface area (Å²) in [5.74, 6) is 0. The molecule has 63 heavy (non-hydrogen) atoms. The molecule has 2 aromatic heterocycles. The van der Waals surface area contributed by atoms with Gasteiger partial charge in [-0.05, 0) is 130 Å². The number of benzene rings is 10. The van der Waals surface area contributed by atoms with Crippen LogP contribution in [-0.4, -0.2) is 9.13 Å². The molecule has 0 amide bonds. The van der Waals surface area contributed by atoms with Crippen LogP contribution >= 0.6 is 0 Å². The lowest BCUT2D eigenvalue weighted by molar-refractivity contribution is 1.17. The van der Waals surface area contributed by atoms with Crippen molar-refractivity contribution >= 4 is 60.7 Å². The van der Waals surface area contributed by atoms with Gasteiger partial charge in [-0.25, -0.2) is 0 Å². The Morgan fingerprint density at radius 2 is 0.556 bits per heavy atom. The van der Waals surface area contributed by atoms with Gasteiger partial charge < -0.3 is 14.0 Å². The summed E-state index contributed by atoms with van der Waals surface area (Å²) in [6.45, 7) is 0. The van der Waals surface area contributed by atoms with Crippen LogP contribution in [0.1, 0.15) is 0 Å². The summed E-state index contributed by atoms with van der Waals surface area (Å²) in [7, 11) is 0. The van der Waals surface area contributed by atoms with Crippen molar-refractivity contribution in [3.05, 3.63) is 249 Å². The van der Waals surface area contributed by atoms with Crippen LogP contribution in [-0.2, 0) is 0 Å². The minimum Gasteiger partial charge on any atom is -0.311 e. The molecule has 12 rings (SSSR count). The number of rotatable bonds is 8. The van der Waals surface area contributed by atoms with Gasteiger partial charge in [-0.2, -0.15) is 0 Å². The second-order valence-electron chi connectivity index (χ2n) is 16.2. The predicted molar refractivity (Wildman–Crippen MR) is 266 cm³/mol. The van der Waals surface area contributed by atoms with Gasteiger partial charge in [0.2, 0.25) is 0 Å². The van der Waals surface area contributed by atoms with Crippen LogP contribution in [0.5, 0.6) is 0 Å².